The molecule has 1 aliphatic heterocycles. The lowest BCUT2D eigenvalue weighted by atomic mass is 10.1. The second-order valence-corrected chi connectivity index (χ2v) is 6.67. The molecular weight excluding hydrogens is 374 g/mol. The first-order valence-corrected chi connectivity index (χ1v) is 9.25. The Morgan fingerprint density at radius 2 is 1.72 bits per heavy atom. The van der Waals surface area contributed by atoms with E-state index < -0.39 is 0 Å². The van der Waals surface area contributed by atoms with Crippen molar-refractivity contribution in [2.24, 2.45) is 5.92 Å². The summed E-state index contributed by atoms with van der Waals surface area (Å²) in [6, 6.07) is 12.1. The Labute approximate surface area is 169 Å². The van der Waals surface area contributed by atoms with Gasteiger partial charge in [-0.05, 0) is 36.4 Å². The van der Waals surface area contributed by atoms with Gasteiger partial charge in [0.25, 0.3) is 0 Å². The van der Waals surface area contributed by atoms with E-state index in [4.69, 9.17) is 14.2 Å². The van der Waals surface area contributed by atoms with E-state index in [2.05, 4.69) is 10.6 Å². The van der Waals surface area contributed by atoms with Crippen molar-refractivity contribution in [1.29, 1.82) is 0 Å². The van der Waals surface area contributed by atoms with Crippen molar-refractivity contribution in [3.8, 4) is 17.2 Å². The number of anilines is 2. The summed E-state index contributed by atoms with van der Waals surface area (Å²) in [5.41, 5.74) is 1.36. The predicted octanol–water partition coefficient (Wildman–Crippen LogP) is 2.89. The van der Waals surface area contributed by atoms with E-state index in [0.29, 0.717) is 36.7 Å². The largest absolute Gasteiger partial charge is 0.497 e. The Morgan fingerprint density at radius 1 is 1.03 bits per heavy atom. The lowest BCUT2D eigenvalue weighted by Crippen LogP contribution is -2.34. The molecule has 0 spiro atoms. The van der Waals surface area contributed by atoms with Crippen LogP contribution in [0.1, 0.15) is 6.42 Å². The van der Waals surface area contributed by atoms with E-state index in [1.54, 1.807) is 37.3 Å². The number of urea groups is 1. The summed E-state index contributed by atoms with van der Waals surface area (Å²) in [4.78, 5) is 26.4. The molecule has 8 heteroatoms. The van der Waals surface area contributed by atoms with E-state index in [0.717, 1.165) is 11.4 Å². The highest BCUT2D eigenvalue weighted by atomic mass is 16.5. The van der Waals surface area contributed by atoms with Crippen LogP contribution in [-0.2, 0) is 4.79 Å². The second-order valence-electron chi connectivity index (χ2n) is 6.67. The molecule has 1 saturated heterocycles. The average Bonchev–Trinajstić information content (AvgIpc) is 3.13. The minimum Gasteiger partial charge on any atom is -0.497 e. The van der Waals surface area contributed by atoms with Gasteiger partial charge in [0.15, 0.2) is 0 Å². The van der Waals surface area contributed by atoms with Crippen LogP contribution in [0.25, 0.3) is 0 Å². The number of methoxy groups -OCH3 is 3. The van der Waals surface area contributed by atoms with Crippen molar-refractivity contribution in [2.45, 2.75) is 6.42 Å². The van der Waals surface area contributed by atoms with Crippen LogP contribution >= 0.6 is 0 Å². The normalized spacial score (nSPS) is 15.8. The first-order chi connectivity index (χ1) is 14.0. The molecule has 8 nitrogen and oxygen atoms in total. The fraction of sp³-hybridized carbons (Fsp3) is 0.333. The molecule has 29 heavy (non-hydrogen) atoms. The Hall–Kier alpha value is -3.42. The van der Waals surface area contributed by atoms with E-state index >= 15 is 0 Å². The van der Waals surface area contributed by atoms with Gasteiger partial charge in [-0.25, -0.2) is 4.79 Å². The lowest BCUT2D eigenvalue weighted by Gasteiger charge is -2.17. The molecule has 0 aromatic heterocycles. The smallest absolute Gasteiger partial charge is 0.319 e. The van der Waals surface area contributed by atoms with Crippen molar-refractivity contribution in [2.75, 3.05) is 44.6 Å². The van der Waals surface area contributed by atoms with Crippen molar-refractivity contribution < 1.29 is 23.8 Å². The van der Waals surface area contributed by atoms with Gasteiger partial charge in [-0.15, -0.1) is 0 Å². The maximum Gasteiger partial charge on any atom is 0.319 e. The van der Waals surface area contributed by atoms with Crippen molar-refractivity contribution >= 4 is 23.3 Å². The molecule has 2 aromatic carbocycles. The van der Waals surface area contributed by atoms with Crippen LogP contribution in [0.3, 0.4) is 0 Å². The number of rotatable bonds is 7. The quantitative estimate of drug-likeness (QED) is 0.747. The zero-order valence-electron chi connectivity index (χ0n) is 16.7. The molecule has 2 N–H and O–H groups in total. The number of carbonyl (C=O) groups is 2. The van der Waals surface area contributed by atoms with Gasteiger partial charge in [0, 0.05) is 37.2 Å². The van der Waals surface area contributed by atoms with Gasteiger partial charge in [0.05, 0.1) is 27.0 Å². The minimum absolute atomic E-state index is 0.0353. The summed E-state index contributed by atoms with van der Waals surface area (Å²) in [5.74, 6) is 1.95. The van der Waals surface area contributed by atoms with Crippen molar-refractivity contribution in [1.82, 2.24) is 5.32 Å². The number of hydrogen-bond donors (Lipinski definition) is 2. The summed E-state index contributed by atoms with van der Waals surface area (Å²) < 4.78 is 15.6. The zero-order valence-corrected chi connectivity index (χ0v) is 16.7. The van der Waals surface area contributed by atoms with Crippen LogP contribution in [0.5, 0.6) is 17.2 Å². The molecule has 0 bridgehead atoms. The van der Waals surface area contributed by atoms with Gasteiger partial charge in [-0.3, -0.25) is 4.79 Å². The molecular formula is C21H25N3O5. The van der Waals surface area contributed by atoms with Crippen LogP contribution < -0.4 is 29.7 Å². The number of nitrogens with zero attached hydrogens (tertiary/aromatic N) is 1. The van der Waals surface area contributed by atoms with Gasteiger partial charge in [0.1, 0.15) is 17.2 Å². The minimum atomic E-state index is -0.358. The second kappa shape index (κ2) is 9.18. The maximum absolute atomic E-state index is 12.4. The number of benzene rings is 2. The number of hydrogen-bond acceptors (Lipinski definition) is 5. The SMILES string of the molecule is COc1ccc(N2CC(CNC(=O)Nc3ccc(OC)cc3OC)CC2=O)cc1. The van der Waals surface area contributed by atoms with Gasteiger partial charge < -0.3 is 29.7 Å². The third kappa shape index (κ3) is 4.90. The number of nitrogens with one attached hydrogen (secondary N) is 2. The molecule has 1 aliphatic rings. The molecule has 1 atom stereocenters. The highest BCUT2D eigenvalue weighted by molar-refractivity contribution is 5.96. The van der Waals surface area contributed by atoms with Crippen LogP contribution in [0, 0.1) is 5.92 Å². The Morgan fingerprint density at radius 3 is 2.38 bits per heavy atom. The summed E-state index contributed by atoms with van der Waals surface area (Å²) >= 11 is 0. The topological polar surface area (TPSA) is 89.1 Å². The Kier molecular flexibility index (Phi) is 6.43. The molecule has 1 fully saturated rings. The molecule has 2 aromatic rings. The van der Waals surface area contributed by atoms with E-state index in [1.807, 2.05) is 24.3 Å². The van der Waals surface area contributed by atoms with Crippen LogP contribution in [-0.4, -0.2) is 46.4 Å². The molecule has 154 valence electrons. The highest BCUT2D eigenvalue weighted by Gasteiger charge is 2.30. The van der Waals surface area contributed by atoms with Crippen LogP contribution in [0.2, 0.25) is 0 Å². The monoisotopic (exact) mass is 399 g/mol. The molecule has 0 saturated carbocycles. The summed E-state index contributed by atoms with van der Waals surface area (Å²) in [6.45, 7) is 0.944. The molecule has 3 amide bonds. The maximum atomic E-state index is 12.4. The van der Waals surface area contributed by atoms with E-state index in [9.17, 15) is 9.59 Å². The Balaban J connectivity index is 1.53. The number of ether oxygens (including phenoxy) is 3. The van der Waals surface area contributed by atoms with E-state index in [-0.39, 0.29) is 17.9 Å². The fourth-order valence-electron chi connectivity index (χ4n) is 3.24. The van der Waals surface area contributed by atoms with Gasteiger partial charge in [0.2, 0.25) is 5.91 Å². The highest BCUT2D eigenvalue weighted by Crippen LogP contribution is 2.29. The third-order valence-corrected chi connectivity index (χ3v) is 4.80. The molecule has 0 aliphatic carbocycles. The van der Waals surface area contributed by atoms with Gasteiger partial charge >= 0.3 is 6.03 Å². The molecule has 3 rings (SSSR count). The average molecular weight is 399 g/mol. The fourth-order valence-corrected chi connectivity index (χ4v) is 3.24. The Bertz CT molecular complexity index is 869. The van der Waals surface area contributed by atoms with Gasteiger partial charge in [-0.2, -0.15) is 0 Å². The van der Waals surface area contributed by atoms with Crippen molar-refractivity contribution in [3.05, 3.63) is 42.5 Å². The summed E-state index contributed by atoms with van der Waals surface area (Å²) in [6.07, 6.45) is 0.387. The van der Waals surface area contributed by atoms with Gasteiger partial charge in [-0.1, -0.05) is 0 Å². The molecule has 1 heterocycles. The zero-order chi connectivity index (χ0) is 20.8. The predicted molar refractivity (Wildman–Crippen MR) is 110 cm³/mol. The number of amides is 3. The van der Waals surface area contributed by atoms with E-state index in [1.165, 1.54) is 7.11 Å². The molecule has 1 unspecified atom stereocenters. The summed E-state index contributed by atoms with van der Waals surface area (Å²) in [7, 11) is 4.69. The third-order valence-electron chi connectivity index (χ3n) is 4.80. The van der Waals surface area contributed by atoms with Crippen LogP contribution in [0.4, 0.5) is 16.2 Å². The standard InChI is InChI=1S/C21H25N3O5/c1-27-16-6-4-15(5-7-16)24-13-14(10-20(24)25)12-22-21(26)23-18-9-8-17(28-2)11-19(18)29-3/h4-9,11,14H,10,12-13H2,1-3H3,(H2,22,23,26). The summed E-state index contributed by atoms with van der Waals surface area (Å²) in [5, 5.41) is 5.59. The number of carbonyl (C=O) groups excluding carboxylic acids is 2. The van der Waals surface area contributed by atoms with Crippen LogP contribution in [0.15, 0.2) is 42.5 Å². The lowest BCUT2D eigenvalue weighted by molar-refractivity contribution is -0.117. The molecule has 0 radical (unpaired) electrons. The first kappa shape index (κ1) is 20.3. The first-order valence-electron chi connectivity index (χ1n) is 9.25. The van der Waals surface area contributed by atoms with Crippen molar-refractivity contribution in [3.63, 3.8) is 0 Å².